The second-order valence-corrected chi connectivity index (χ2v) is 7.26. The van der Waals surface area contributed by atoms with E-state index in [0.717, 1.165) is 25.9 Å². The largest absolute Gasteiger partial charge is 0.481 e. The Labute approximate surface area is 145 Å². The van der Waals surface area contributed by atoms with Gasteiger partial charge in [-0.25, -0.2) is 4.98 Å². The van der Waals surface area contributed by atoms with E-state index in [4.69, 9.17) is 4.74 Å². The Bertz CT molecular complexity index is 695. The van der Waals surface area contributed by atoms with E-state index < -0.39 is 0 Å². The van der Waals surface area contributed by atoms with Gasteiger partial charge in [-0.15, -0.1) is 11.3 Å². The van der Waals surface area contributed by atoms with Crippen LogP contribution in [0, 0.1) is 12.8 Å². The summed E-state index contributed by atoms with van der Waals surface area (Å²) in [5, 5.41) is 3.06. The smallest absolute Gasteiger partial charge is 0.228 e. The first kappa shape index (κ1) is 16.7. The number of carbonyl (C=O) groups excluding carboxylic acids is 1. The Hall–Kier alpha value is -2.15. The van der Waals surface area contributed by atoms with E-state index in [2.05, 4.69) is 39.2 Å². The lowest BCUT2D eigenvalue weighted by atomic mass is 9.96. The average Bonchev–Trinajstić information content (AvgIpc) is 3.05. The maximum atomic E-state index is 12.3. The summed E-state index contributed by atoms with van der Waals surface area (Å²) in [5.74, 6) is 1.44. The quantitative estimate of drug-likeness (QED) is 0.900. The second-order valence-electron chi connectivity index (χ2n) is 5.89. The van der Waals surface area contributed by atoms with Crippen molar-refractivity contribution in [3.8, 4) is 5.88 Å². The molecule has 3 heterocycles. The zero-order chi connectivity index (χ0) is 16.9. The van der Waals surface area contributed by atoms with Crippen LogP contribution in [0.1, 0.15) is 22.6 Å². The molecule has 0 aromatic carbocycles. The standard InChI is InChI=1S/C17H22N4O2S/c1-12-3-4-14(24-12)11-19-16(22)13-6-9-21(10-7-13)17-18-8-5-15(20-17)23-2/h3-5,8,13H,6-7,9-11H2,1-2H3,(H,19,22). The number of methoxy groups -OCH3 is 1. The molecule has 3 rings (SSSR count). The topological polar surface area (TPSA) is 67.3 Å². The Morgan fingerprint density at radius 1 is 1.38 bits per heavy atom. The van der Waals surface area contributed by atoms with Gasteiger partial charge in [0.25, 0.3) is 0 Å². The number of amides is 1. The molecule has 0 unspecified atom stereocenters. The first-order chi connectivity index (χ1) is 11.7. The molecule has 1 aliphatic rings. The van der Waals surface area contributed by atoms with Gasteiger partial charge in [0.1, 0.15) is 0 Å². The number of ether oxygens (including phenoxy) is 1. The summed E-state index contributed by atoms with van der Waals surface area (Å²) in [6, 6.07) is 5.89. The number of nitrogens with one attached hydrogen (secondary N) is 1. The van der Waals surface area contributed by atoms with E-state index in [1.807, 2.05) is 0 Å². The first-order valence-electron chi connectivity index (χ1n) is 8.10. The number of rotatable bonds is 5. The molecule has 1 saturated heterocycles. The molecule has 7 heteroatoms. The van der Waals surface area contributed by atoms with Crippen molar-refractivity contribution in [1.29, 1.82) is 0 Å². The highest BCUT2D eigenvalue weighted by atomic mass is 32.1. The molecule has 0 aliphatic carbocycles. The fraction of sp³-hybridized carbons (Fsp3) is 0.471. The molecule has 0 saturated carbocycles. The molecule has 0 radical (unpaired) electrons. The van der Waals surface area contributed by atoms with Crippen LogP contribution in [-0.4, -0.2) is 36.1 Å². The molecule has 6 nitrogen and oxygen atoms in total. The molecule has 1 N–H and O–H groups in total. The molecule has 1 aliphatic heterocycles. The summed E-state index contributed by atoms with van der Waals surface area (Å²) >= 11 is 1.73. The number of hydrogen-bond acceptors (Lipinski definition) is 6. The molecule has 0 bridgehead atoms. The summed E-state index contributed by atoms with van der Waals surface area (Å²) in [4.78, 5) is 25.6. The van der Waals surface area contributed by atoms with Crippen molar-refractivity contribution in [1.82, 2.24) is 15.3 Å². The summed E-state index contributed by atoms with van der Waals surface area (Å²) in [7, 11) is 1.60. The van der Waals surface area contributed by atoms with Crippen LogP contribution in [-0.2, 0) is 11.3 Å². The van der Waals surface area contributed by atoms with Crippen LogP contribution in [0.3, 0.4) is 0 Å². The third kappa shape index (κ3) is 4.03. The van der Waals surface area contributed by atoms with Crippen LogP contribution in [0.2, 0.25) is 0 Å². The summed E-state index contributed by atoms with van der Waals surface area (Å²) in [6.07, 6.45) is 3.33. The minimum Gasteiger partial charge on any atom is -0.481 e. The maximum Gasteiger partial charge on any atom is 0.228 e. The van der Waals surface area contributed by atoms with E-state index in [9.17, 15) is 4.79 Å². The zero-order valence-corrected chi connectivity index (χ0v) is 14.8. The highest BCUT2D eigenvalue weighted by Crippen LogP contribution is 2.22. The molecule has 2 aromatic heterocycles. The molecule has 0 atom stereocenters. The van der Waals surface area contributed by atoms with Crippen LogP contribution in [0.5, 0.6) is 5.88 Å². The normalized spacial score (nSPS) is 15.3. The number of anilines is 1. The highest BCUT2D eigenvalue weighted by Gasteiger charge is 2.26. The number of hydrogen-bond donors (Lipinski definition) is 1. The average molecular weight is 346 g/mol. The van der Waals surface area contributed by atoms with Crippen LogP contribution >= 0.6 is 11.3 Å². The van der Waals surface area contributed by atoms with Crippen molar-refractivity contribution < 1.29 is 9.53 Å². The van der Waals surface area contributed by atoms with Crippen LogP contribution < -0.4 is 15.0 Å². The Balaban J connectivity index is 1.49. The second kappa shape index (κ2) is 7.61. The van der Waals surface area contributed by atoms with Crippen LogP contribution in [0.4, 0.5) is 5.95 Å². The highest BCUT2D eigenvalue weighted by molar-refractivity contribution is 7.11. The monoisotopic (exact) mass is 346 g/mol. The van der Waals surface area contributed by atoms with Gasteiger partial charge in [-0.2, -0.15) is 4.98 Å². The SMILES string of the molecule is COc1ccnc(N2CCC(C(=O)NCc3ccc(C)s3)CC2)n1. The van der Waals surface area contributed by atoms with Gasteiger partial charge in [-0.1, -0.05) is 0 Å². The summed E-state index contributed by atoms with van der Waals surface area (Å²) < 4.78 is 5.14. The lowest BCUT2D eigenvalue weighted by Crippen LogP contribution is -2.41. The van der Waals surface area contributed by atoms with E-state index in [0.29, 0.717) is 18.4 Å². The van der Waals surface area contributed by atoms with Crippen molar-refractivity contribution >= 4 is 23.2 Å². The zero-order valence-electron chi connectivity index (χ0n) is 14.0. The van der Waals surface area contributed by atoms with Gasteiger partial charge in [-0.3, -0.25) is 4.79 Å². The number of nitrogens with zero attached hydrogens (tertiary/aromatic N) is 3. The maximum absolute atomic E-state index is 12.3. The number of aryl methyl sites for hydroxylation is 1. The third-order valence-electron chi connectivity index (χ3n) is 4.21. The number of thiophene rings is 1. The van der Waals surface area contributed by atoms with Gasteiger partial charge in [-0.05, 0) is 31.9 Å². The predicted octanol–water partition coefficient (Wildman–Crippen LogP) is 2.39. The van der Waals surface area contributed by atoms with Gasteiger partial charge in [0, 0.05) is 41.0 Å². The summed E-state index contributed by atoms with van der Waals surface area (Å²) in [6.45, 7) is 4.26. The first-order valence-corrected chi connectivity index (χ1v) is 8.92. The number of piperidine rings is 1. The molecule has 128 valence electrons. The van der Waals surface area contributed by atoms with Crippen molar-refractivity contribution in [2.75, 3.05) is 25.1 Å². The van der Waals surface area contributed by atoms with E-state index in [1.165, 1.54) is 9.75 Å². The fourth-order valence-corrected chi connectivity index (χ4v) is 3.67. The molecular weight excluding hydrogens is 324 g/mol. The molecule has 1 amide bonds. The van der Waals surface area contributed by atoms with Gasteiger partial charge in [0.05, 0.1) is 13.7 Å². The number of carbonyl (C=O) groups is 1. The predicted molar refractivity (Wildman–Crippen MR) is 94.4 cm³/mol. The summed E-state index contributed by atoms with van der Waals surface area (Å²) in [5.41, 5.74) is 0. The van der Waals surface area contributed by atoms with Gasteiger partial charge < -0.3 is 15.0 Å². The Morgan fingerprint density at radius 2 is 2.17 bits per heavy atom. The van der Waals surface area contributed by atoms with Crippen molar-refractivity contribution in [3.05, 3.63) is 34.2 Å². The van der Waals surface area contributed by atoms with Gasteiger partial charge in [0.2, 0.25) is 17.7 Å². The molecule has 1 fully saturated rings. The lowest BCUT2D eigenvalue weighted by Gasteiger charge is -2.31. The van der Waals surface area contributed by atoms with Crippen molar-refractivity contribution in [2.24, 2.45) is 5.92 Å². The minimum absolute atomic E-state index is 0.0629. The molecule has 0 spiro atoms. The van der Waals surface area contributed by atoms with E-state index in [1.54, 1.807) is 30.7 Å². The van der Waals surface area contributed by atoms with E-state index in [-0.39, 0.29) is 11.8 Å². The van der Waals surface area contributed by atoms with E-state index >= 15 is 0 Å². The Morgan fingerprint density at radius 3 is 2.83 bits per heavy atom. The van der Waals surface area contributed by atoms with Crippen LogP contribution in [0.15, 0.2) is 24.4 Å². The Kier molecular flexibility index (Phi) is 5.30. The van der Waals surface area contributed by atoms with Crippen molar-refractivity contribution in [2.45, 2.75) is 26.3 Å². The van der Waals surface area contributed by atoms with Crippen molar-refractivity contribution in [3.63, 3.8) is 0 Å². The molecule has 24 heavy (non-hydrogen) atoms. The molecule has 2 aromatic rings. The fourth-order valence-electron chi connectivity index (χ4n) is 2.84. The van der Waals surface area contributed by atoms with Gasteiger partial charge in [0.15, 0.2) is 0 Å². The minimum atomic E-state index is 0.0629. The lowest BCUT2D eigenvalue weighted by molar-refractivity contribution is -0.125. The van der Waals surface area contributed by atoms with Gasteiger partial charge >= 0.3 is 0 Å². The number of aromatic nitrogens is 2. The third-order valence-corrected chi connectivity index (χ3v) is 5.21. The van der Waals surface area contributed by atoms with Crippen LogP contribution in [0.25, 0.3) is 0 Å². The molecular formula is C17H22N4O2S.